The monoisotopic (exact) mass is 820 g/mol. The SMILES string of the molecule is CC/C=C\C[C@H](O)/C=C/C=C\C/C=C\C=C\[C@H](O)/C=C\CCCC(=O)O[C@H](COC(=O)CCCCCCC/C=C\C/C=C\CCCCC)COP(=O)(O)OCCN. The Hall–Kier alpha value is -3.15. The summed E-state index contributed by atoms with van der Waals surface area (Å²) in [6, 6.07) is 0. The van der Waals surface area contributed by atoms with Crippen LogP contribution < -0.4 is 5.73 Å². The fourth-order valence-electron chi connectivity index (χ4n) is 4.99. The van der Waals surface area contributed by atoms with Gasteiger partial charge in [-0.3, -0.25) is 18.6 Å². The number of hydrogen-bond donors (Lipinski definition) is 4. The van der Waals surface area contributed by atoms with Crippen molar-refractivity contribution in [3.05, 3.63) is 97.2 Å². The van der Waals surface area contributed by atoms with Gasteiger partial charge in [0.15, 0.2) is 6.10 Å². The molecule has 0 aromatic rings. The topological polar surface area (TPSA) is 175 Å². The first-order chi connectivity index (χ1) is 27.6. The number of aliphatic hydroxyl groups is 2. The minimum Gasteiger partial charge on any atom is -0.462 e. The second kappa shape index (κ2) is 39.7. The Labute approximate surface area is 343 Å². The zero-order chi connectivity index (χ0) is 42.1. The number of nitrogens with two attached hydrogens (primary N) is 1. The zero-order valence-corrected chi connectivity index (χ0v) is 35.6. The molecular formula is C45H74NO10P. The van der Waals surface area contributed by atoms with Gasteiger partial charge in [0.05, 0.1) is 25.4 Å². The lowest BCUT2D eigenvalue weighted by Crippen LogP contribution is -2.29. The minimum absolute atomic E-state index is 0.0125. The first-order valence-corrected chi connectivity index (χ1v) is 22.4. The van der Waals surface area contributed by atoms with Crippen LogP contribution in [-0.2, 0) is 32.7 Å². The van der Waals surface area contributed by atoms with Crippen molar-refractivity contribution in [2.24, 2.45) is 5.73 Å². The maximum Gasteiger partial charge on any atom is 0.472 e. The number of esters is 2. The standard InChI is InChI=1S/C45H74NO10P/c1-3-5-7-8-9-10-11-12-13-14-15-16-20-23-29-35-44(49)53-39-43(40-55-57(51,52)54-38-37-46)56-45(50)36-30-24-28-34-42(48)33-27-22-19-17-18-21-26-32-41(47)31-25-6-4-2/h6,9-10,12-13,18-19,21-22,25-28,32-34,41-43,47-48H,3-5,7-8,11,14-17,20,23-24,29-31,35-40,46H2,1-2H3,(H,51,52)/b10-9-,13-12-,21-18-,22-19-,25-6-,32-26+,33-27+,34-28-/t41-,42-,43+/m0/s1. The molecule has 11 nitrogen and oxygen atoms in total. The van der Waals surface area contributed by atoms with Crippen LogP contribution in [0.2, 0.25) is 0 Å². The molecule has 0 saturated heterocycles. The molecule has 0 amide bonds. The highest BCUT2D eigenvalue weighted by atomic mass is 31.2. The van der Waals surface area contributed by atoms with Gasteiger partial charge in [0.1, 0.15) is 6.61 Å². The first kappa shape index (κ1) is 53.9. The quantitative estimate of drug-likeness (QED) is 0.0154. The van der Waals surface area contributed by atoms with Gasteiger partial charge in [0, 0.05) is 19.4 Å². The number of phosphoric acid groups is 1. The summed E-state index contributed by atoms with van der Waals surface area (Å²) < 4.78 is 32.6. The number of allylic oxidation sites excluding steroid dienone is 12. The van der Waals surface area contributed by atoms with Crippen molar-refractivity contribution in [3.8, 4) is 0 Å². The third-order valence-corrected chi connectivity index (χ3v) is 9.11. The summed E-state index contributed by atoms with van der Waals surface area (Å²) in [5.74, 6) is -1.04. The highest BCUT2D eigenvalue weighted by molar-refractivity contribution is 7.47. The molecule has 5 N–H and O–H groups in total. The van der Waals surface area contributed by atoms with Gasteiger partial charge in [0.25, 0.3) is 0 Å². The molecule has 0 radical (unpaired) electrons. The molecule has 0 spiro atoms. The van der Waals surface area contributed by atoms with E-state index in [-0.39, 0.29) is 32.6 Å². The number of phosphoric ester groups is 1. The van der Waals surface area contributed by atoms with Gasteiger partial charge >= 0.3 is 19.8 Å². The molecule has 0 rings (SSSR count). The van der Waals surface area contributed by atoms with Crippen LogP contribution in [0.3, 0.4) is 0 Å². The van der Waals surface area contributed by atoms with Crippen molar-refractivity contribution in [2.45, 2.75) is 148 Å². The number of carbonyl (C=O) groups is 2. The predicted octanol–water partition coefficient (Wildman–Crippen LogP) is 9.77. The summed E-state index contributed by atoms with van der Waals surface area (Å²) >= 11 is 0. The average Bonchev–Trinajstić information content (AvgIpc) is 3.18. The van der Waals surface area contributed by atoms with Crippen LogP contribution in [0.4, 0.5) is 0 Å². The maximum absolute atomic E-state index is 12.6. The smallest absolute Gasteiger partial charge is 0.462 e. The molecule has 0 aliphatic carbocycles. The van der Waals surface area contributed by atoms with Crippen molar-refractivity contribution >= 4 is 19.8 Å². The third kappa shape index (κ3) is 39.5. The average molecular weight is 820 g/mol. The Morgan fingerprint density at radius 3 is 1.98 bits per heavy atom. The number of unbranched alkanes of at least 4 members (excludes halogenated alkanes) is 9. The predicted molar refractivity (Wildman–Crippen MR) is 231 cm³/mol. The van der Waals surface area contributed by atoms with Gasteiger partial charge in [-0.05, 0) is 70.6 Å². The van der Waals surface area contributed by atoms with Crippen LogP contribution in [0.15, 0.2) is 97.2 Å². The number of carbonyl (C=O) groups excluding carboxylic acids is 2. The van der Waals surface area contributed by atoms with Gasteiger partial charge in [-0.2, -0.15) is 0 Å². The van der Waals surface area contributed by atoms with E-state index >= 15 is 0 Å². The zero-order valence-electron chi connectivity index (χ0n) is 34.7. The van der Waals surface area contributed by atoms with Crippen molar-refractivity contribution in [3.63, 3.8) is 0 Å². The van der Waals surface area contributed by atoms with Crippen molar-refractivity contribution in [2.75, 3.05) is 26.4 Å². The van der Waals surface area contributed by atoms with Gasteiger partial charge < -0.3 is 30.3 Å². The lowest BCUT2D eigenvalue weighted by Gasteiger charge is -2.19. The lowest BCUT2D eigenvalue weighted by molar-refractivity contribution is -0.161. The Morgan fingerprint density at radius 2 is 1.28 bits per heavy atom. The molecule has 0 aromatic carbocycles. The molecule has 0 fully saturated rings. The molecule has 57 heavy (non-hydrogen) atoms. The van der Waals surface area contributed by atoms with Crippen molar-refractivity contribution < 1.29 is 47.8 Å². The molecule has 0 heterocycles. The summed E-state index contributed by atoms with van der Waals surface area (Å²) in [7, 11) is -4.44. The van der Waals surface area contributed by atoms with E-state index in [9.17, 15) is 29.3 Å². The van der Waals surface area contributed by atoms with Gasteiger partial charge in [-0.15, -0.1) is 0 Å². The molecule has 0 saturated carbocycles. The summed E-state index contributed by atoms with van der Waals surface area (Å²) in [5, 5.41) is 20.0. The van der Waals surface area contributed by atoms with E-state index in [1.807, 2.05) is 42.5 Å². The summed E-state index contributed by atoms with van der Waals surface area (Å²) in [6.07, 6.45) is 43.7. The van der Waals surface area contributed by atoms with Crippen LogP contribution in [0.25, 0.3) is 0 Å². The van der Waals surface area contributed by atoms with Crippen LogP contribution in [-0.4, -0.2) is 71.7 Å². The largest absolute Gasteiger partial charge is 0.472 e. The first-order valence-electron chi connectivity index (χ1n) is 20.9. The van der Waals surface area contributed by atoms with Gasteiger partial charge in [-0.1, -0.05) is 143 Å². The second-order valence-electron chi connectivity index (χ2n) is 13.5. The number of rotatable bonds is 37. The van der Waals surface area contributed by atoms with Gasteiger partial charge in [-0.25, -0.2) is 4.57 Å². The molecule has 0 bridgehead atoms. The Morgan fingerprint density at radius 1 is 0.649 bits per heavy atom. The van der Waals surface area contributed by atoms with E-state index in [4.69, 9.17) is 24.3 Å². The normalized spacial score (nSPS) is 15.4. The van der Waals surface area contributed by atoms with E-state index in [0.717, 1.165) is 51.4 Å². The Kier molecular flexibility index (Phi) is 37.5. The Balaban J connectivity index is 4.49. The Bertz CT molecular complexity index is 1290. The van der Waals surface area contributed by atoms with Crippen LogP contribution >= 0.6 is 7.82 Å². The third-order valence-electron chi connectivity index (χ3n) is 8.13. The highest BCUT2D eigenvalue weighted by Crippen LogP contribution is 2.43. The lowest BCUT2D eigenvalue weighted by atomic mass is 10.1. The van der Waals surface area contributed by atoms with E-state index in [1.165, 1.54) is 19.3 Å². The molecule has 0 aliphatic heterocycles. The molecular weight excluding hydrogens is 745 g/mol. The summed E-state index contributed by atoms with van der Waals surface area (Å²) in [6.45, 7) is 3.24. The second-order valence-corrected chi connectivity index (χ2v) is 15.0. The van der Waals surface area contributed by atoms with E-state index in [0.29, 0.717) is 32.1 Å². The van der Waals surface area contributed by atoms with E-state index < -0.39 is 44.7 Å². The van der Waals surface area contributed by atoms with Gasteiger partial charge in [0.2, 0.25) is 0 Å². The number of ether oxygens (including phenoxy) is 2. The van der Waals surface area contributed by atoms with Crippen molar-refractivity contribution in [1.82, 2.24) is 0 Å². The number of hydrogen-bond acceptors (Lipinski definition) is 10. The van der Waals surface area contributed by atoms with Crippen LogP contribution in [0, 0.1) is 0 Å². The van der Waals surface area contributed by atoms with E-state index in [1.54, 1.807) is 30.4 Å². The molecule has 4 atom stereocenters. The summed E-state index contributed by atoms with van der Waals surface area (Å²) in [4.78, 5) is 34.8. The van der Waals surface area contributed by atoms with Crippen LogP contribution in [0.5, 0.6) is 0 Å². The maximum atomic E-state index is 12.6. The fourth-order valence-corrected chi connectivity index (χ4v) is 5.76. The van der Waals surface area contributed by atoms with Crippen molar-refractivity contribution in [1.29, 1.82) is 0 Å². The number of aliphatic hydroxyl groups excluding tert-OH is 2. The van der Waals surface area contributed by atoms with Crippen LogP contribution in [0.1, 0.15) is 129 Å². The molecule has 0 aromatic heterocycles. The van der Waals surface area contributed by atoms with E-state index in [2.05, 4.69) is 38.2 Å². The minimum atomic E-state index is -4.44. The molecule has 324 valence electrons. The fraction of sp³-hybridized carbons (Fsp3) is 0.600. The molecule has 1 unspecified atom stereocenters. The molecule has 12 heteroatoms. The molecule has 0 aliphatic rings. The highest BCUT2D eigenvalue weighted by Gasteiger charge is 2.26. The summed E-state index contributed by atoms with van der Waals surface area (Å²) in [5.41, 5.74) is 5.33.